The third-order valence-electron chi connectivity index (χ3n) is 3.44. The molecule has 0 saturated carbocycles. The largest absolute Gasteiger partial charge is 0.465 e. The van der Waals surface area contributed by atoms with Crippen LogP contribution in [0.5, 0.6) is 0 Å². The van der Waals surface area contributed by atoms with Gasteiger partial charge in [0.2, 0.25) is 0 Å². The van der Waals surface area contributed by atoms with Crippen LogP contribution in [-0.2, 0) is 9.53 Å². The van der Waals surface area contributed by atoms with E-state index in [1.807, 2.05) is 66.7 Å². The van der Waals surface area contributed by atoms with Gasteiger partial charge in [-0.1, -0.05) is 66.4 Å². The number of esters is 1. The molecule has 0 N–H and O–H groups in total. The molecule has 25 heavy (non-hydrogen) atoms. The first kappa shape index (κ1) is 17.2. The fraction of sp³-hybridized carbons (Fsp3) is 0.150. The number of nitrogens with zero attached hydrogens (tertiary/aromatic N) is 2. The maximum Gasteiger partial charge on any atom is 0.316 e. The van der Waals surface area contributed by atoms with Gasteiger partial charge in [0, 0.05) is 5.39 Å². The van der Waals surface area contributed by atoms with Crippen molar-refractivity contribution >= 4 is 40.8 Å². The van der Waals surface area contributed by atoms with Gasteiger partial charge in [0.15, 0.2) is 5.82 Å². The van der Waals surface area contributed by atoms with Gasteiger partial charge in [0.25, 0.3) is 0 Å². The van der Waals surface area contributed by atoms with Gasteiger partial charge < -0.3 is 4.74 Å². The molecule has 5 heteroatoms. The molecular weight excluding hydrogens is 332 g/mol. The molecule has 1 aromatic heterocycles. The van der Waals surface area contributed by atoms with E-state index in [-0.39, 0.29) is 11.7 Å². The number of carbonyl (C=O) groups is 1. The lowest BCUT2D eigenvalue weighted by molar-refractivity contribution is -0.139. The molecule has 4 nitrogen and oxygen atoms in total. The summed E-state index contributed by atoms with van der Waals surface area (Å²) in [6, 6.07) is 17.8. The molecule has 126 valence electrons. The fourth-order valence-electron chi connectivity index (χ4n) is 2.31. The van der Waals surface area contributed by atoms with Crippen LogP contribution in [0.2, 0.25) is 0 Å². The van der Waals surface area contributed by atoms with Crippen molar-refractivity contribution in [1.29, 1.82) is 0 Å². The van der Waals surface area contributed by atoms with Crippen LogP contribution in [0.1, 0.15) is 18.3 Å². The van der Waals surface area contributed by atoms with Gasteiger partial charge in [-0.25, -0.2) is 9.97 Å². The maximum atomic E-state index is 11.6. The van der Waals surface area contributed by atoms with Crippen LogP contribution in [0.3, 0.4) is 0 Å². The van der Waals surface area contributed by atoms with Crippen molar-refractivity contribution in [3.05, 3.63) is 66.0 Å². The minimum Gasteiger partial charge on any atom is -0.465 e. The Bertz CT molecular complexity index is 895. The third kappa shape index (κ3) is 4.67. The molecular formula is C20H18N2O2S. The number of para-hydroxylation sites is 1. The van der Waals surface area contributed by atoms with Gasteiger partial charge in [-0.2, -0.15) is 0 Å². The molecule has 3 rings (SSSR count). The molecule has 0 aliphatic rings. The van der Waals surface area contributed by atoms with Crippen molar-refractivity contribution in [2.75, 3.05) is 12.4 Å². The molecule has 0 saturated heterocycles. The topological polar surface area (TPSA) is 52.1 Å². The molecule has 0 radical (unpaired) electrons. The van der Waals surface area contributed by atoms with Gasteiger partial charge >= 0.3 is 5.97 Å². The standard InChI is InChI=1S/C20H18N2O2S/c1-2-24-19(23)14-25-20-16-10-6-7-11-17(16)21-18(22-20)13-12-15-8-4-3-5-9-15/h3-13H,2,14H2,1H3/b13-12+. The molecule has 0 fully saturated rings. The average molecular weight is 350 g/mol. The maximum absolute atomic E-state index is 11.6. The van der Waals surface area contributed by atoms with Crippen molar-refractivity contribution in [2.24, 2.45) is 0 Å². The predicted octanol–water partition coefficient (Wildman–Crippen LogP) is 4.46. The smallest absolute Gasteiger partial charge is 0.316 e. The highest BCUT2D eigenvalue weighted by atomic mass is 32.2. The molecule has 2 aromatic carbocycles. The highest BCUT2D eigenvalue weighted by Gasteiger charge is 2.10. The summed E-state index contributed by atoms with van der Waals surface area (Å²) in [6.45, 7) is 2.18. The SMILES string of the molecule is CCOC(=O)CSc1nc(/C=C/c2ccccc2)nc2ccccc12. The number of carbonyl (C=O) groups excluding carboxylic acids is 1. The number of aromatic nitrogens is 2. The number of rotatable bonds is 6. The molecule has 0 unspecified atom stereocenters. The number of thioether (sulfide) groups is 1. The minimum atomic E-state index is -0.239. The van der Waals surface area contributed by atoms with E-state index in [0.717, 1.165) is 21.5 Å². The quantitative estimate of drug-likeness (QED) is 0.373. The summed E-state index contributed by atoms with van der Waals surface area (Å²) in [7, 11) is 0. The highest BCUT2D eigenvalue weighted by Crippen LogP contribution is 2.25. The van der Waals surface area contributed by atoms with E-state index >= 15 is 0 Å². The lowest BCUT2D eigenvalue weighted by atomic mass is 10.2. The van der Waals surface area contributed by atoms with Gasteiger partial charge in [-0.15, -0.1) is 0 Å². The van der Waals surface area contributed by atoms with E-state index in [4.69, 9.17) is 4.74 Å². The highest BCUT2D eigenvalue weighted by molar-refractivity contribution is 8.00. The van der Waals surface area contributed by atoms with Crippen LogP contribution < -0.4 is 0 Å². The first-order valence-corrected chi connectivity index (χ1v) is 9.03. The number of hydrogen-bond acceptors (Lipinski definition) is 5. The Kier molecular flexibility index (Phi) is 5.80. The zero-order valence-corrected chi connectivity index (χ0v) is 14.7. The van der Waals surface area contributed by atoms with Gasteiger partial charge in [0.05, 0.1) is 17.9 Å². The van der Waals surface area contributed by atoms with E-state index in [1.54, 1.807) is 6.92 Å². The molecule has 0 aliphatic carbocycles. The van der Waals surface area contributed by atoms with Crippen LogP contribution >= 0.6 is 11.8 Å². The van der Waals surface area contributed by atoms with Gasteiger partial charge in [0.1, 0.15) is 5.03 Å². The summed E-state index contributed by atoms with van der Waals surface area (Å²) in [5.41, 5.74) is 1.94. The summed E-state index contributed by atoms with van der Waals surface area (Å²) < 4.78 is 4.99. The summed E-state index contributed by atoms with van der Waals surface area (Å²) >= 11 is 1.37. The second kappa shape index (κ2) is 8.44. The molecule has 0 amide bonds. The second-order valence-corrected chi connectivity index (χ2v) is 6.21. The Hall–Kier alpha value is -2.66. The molecule has 0 atom stereocenters. The van der Waals surface area contributed by atoms with Crippen molar-refractivity contribution in [2.45, 2.75) is 11.9 Å². The van der Waals surface area contributed by atoms with E-state index < -0.39 is 0 Å². The first-order chi connectivity index (χ1) is 12.3. The summed E-state index contributed by atoms with van der Waals surface area (Å²) in [4.78, 5) is 20.8. The number of fused-ring (bicyclic) bond motifs is 1. The third-order valence-corrected chi connectivity index (χ3v) is 4.41. The Morgan fingerprint density at radius 3 is 2.60 bits per heavy atom. The second-order valence-electron chi connectivity index (χ2n) is 5.24. The van der Waals surface area contributed by atoms with Crippen LogP contribution in [0.25, 0.3) is 23.1 Å². The monoisotopic (exact) mass is 350 g/mol. The van der Waals surface area contributed by atoms with Crippen molar-refractivity contribution in [1.82, 2.24) is 9.97 Å². The molecule has 0 bridgehead atoms. The summed E-state index contributed by atoms with van der Waals surface area (Å²) in [5.74, 6) is 0.613. The Labute approximate surface area is 151 Å². The lowest BCUT2D eigenvalue weighted by Gasteiger charge is -2.06. The summed E-state index contributed by atoms with van der Waals surface area (Å²) in [6.07, 6.45) is 3.86. The minimum absolute atomic E-state index is 0.233. The van der Waals surface area contributed by atoms with Crippen LogP contribution in [0, 0.1) is 0 Å². The molecule has 0 spiro atoms. The van der Waals surface area contributed by atoms with Crippen molar-refractivity contribution < 1.29 is 9.53 Å². The Morgan fingerprint density at radius 1 is 1.04 bits per heavy atom. The van der Waals surface area contributed by atoms with Crippen LogP contribution in [0.15, 0.2) is 59.6 Å². The summed E-state index contributed by atoms with van der Waals surface area (Å²) in [5, 5.41) is 1.72. The van der Waals surface area contributed by atoms with Crippen LogP contribution in [0.4, 0.5) is 0 Å². The van der Waals surface area contributed by atoms with Crippen molar-refractivity contribution in [3.8, 4) is 0 Å². The fourth-order valence-corrected chi connectivity index (χ4v) is 3.14. The Morgan fingerprint density at radius 2 is 1.80 bits per heavy atom. The predicted molar refractivity (Wildman–Crippen MR) is 102 cm³/mol. The number of ether oxygens (including phenoxy) is 1. The van der Waals surface area contributed by atoms with Gasteiger partial charge in [-0.05, 0) is 24.6 Å². The molecule has 0 aliphatic heterocycles. The average Bonchev–Trinajstić information content (AvgIpc) is 2.65. The zero-order valence-electron chi connectivity index (χ0n) is 13.9. The van der Waals surface area contributed by atoms with E-state index in [9.17, 15) is 4.79 Å². The number of benzene rings is 2. The lowest BCUT2D eigenvalue weighted by Crippen LogP contribution is -2.07. The first-order valence-electron chi connectivity index (χ1n) is 8.04. The van der Waals surface area contributed by atoms with E-state index in [1.165, 1.54) is 11.8 Å². The molecule has 3 aromatic rings. The zero-order chi connectivity index (χ0) is 17.5. The molecule has 1 heterocycles. The van der Waals surface area contributed by atoms with E-state index in [2.05, 4.69) is 9.97 Å². The van der Waals surface area contributed by atoms with Crippen molar-refractivity contribution in [3.63, 3.8) is 0 Å². The number of hydrogen-bond donors (Lipinski definition) is 0. The Balaban J connectivity index is 1.89. The van der Waals surface area contributed by atoms with Crippen LogP contribution in [-0.4, -0.2) is 28.3 Å². The van der Waals surface area contributed by atoms with Gasteiger partial charge in [-0.3, -0.25) is 4.79 Å². The normalized spacial score (nSPS) is 11.1. The van der Waals surface area contributed by atoms with E-state index in [0.29, 0.717) is 12.4 Å².